The second kappa shape index (κ2) is 6.19. The van der Waals surface area contributed by atoms with Crippen molar-refractivity contribution in [2.75, 3.05) is 0 Å². The number of aromatic nitrogens is 2. The van der Waals surface area contributed by atoms with E-state index in [1.54, 1.807) is 13.8 Å². The summed E-state index contributed by atoms with van der Waals surface area (Å²) >= 11 is 5.87. The minimum Gasteiger partial charge on any atom is -0.480 e. The molecule has 0 unspecified atom stereocenters. The van der Waals surface area contributed by atoms with E-state index in [2.05, 4.69) is 19.7 Å². The molecule has 0 saturated heterocycles. The summed E-state index contributed by atoms with van der Waals surface area (Å²) < 4.78 is 31.5. The average molecular weight is 348 g/mol. The first-order chi connectivity index (χ1) is 10.2. The lowest BCUT2D eigenvalue weighted by Crippen LogP contribution is -2.41. The number of carboxylic acid groups (broad SMARTS) is 1. The van der Waals surface area contributed by atoms with Gasteiger partial charge in [-0.3, -0.25) is 4.79 Å². The van der Waals surface area contributed by atoms with Crippen LogP contribution in [-0.2, 0) is 14.8 Å². The smallest absolute Gasteiger partial charge is 0.321 e. The fourth-order valence-corrected chi connectivity index (χ4v) is 3.47. The normalized spacial score (nSPS) is 13.6. The van der Waals surface area contributed by atoms with Crippen molar-refractivity contribution in [1.29, 1.82) is 0 Å². The Morgan fingerprint density at radius 2 is 2.00 bits per heavy atom. The summed E-state index contributed by atoms with van der Waals surface area (Å²) in [6.07, 6.45) is 0.155. The number of sulfonamides is 1. The number of halogens is 1. The fraction of sp³-hybridized carbons (Fsp3) is 0.417. The standard InChI is InChI=1S/C12H14ClN3O5S/c1-6(2)5-8(12(17)18)16-22(19,20)9-4-3-7(13)10-11(9)15-21-14-10/h3-4,6,8,16H,5H2,1-2H3,(H,17,18)/t8-/m0/s1. The van der Waals surface area contributed by atoms with E-state index in [0.29, 0.717) is 0 Å². The molecule has 0 aliphatic carbocycles. The van der Waals surface area contributed by atoms with Crippen LogP contribution in [0.5, 0.6) is 0 Å². The van der Waals surface area contributed by atoms with Crippen molar-refractivity contribution in [3.05, 3.63) is 17.2 Å². The summed E-state index contributed by atoms with van der Waals surface area (Å²) in [6, 6.07) is 1.32. The minimum atomic E-state index is -4.12. The Labute approximate surface area is 131 Å². The second-order valence-electron chi connectivity index (χ2n) is 5.15. The zero-order valence-electron chi connectivity index (χ0n) is 11.8. The lowest BCUT2D eigenvalue weighted by atomic mass is 10.1. The van der Waals surface area contributed by atoms with Crippen LogP contribution < -0.4 is 4.72 Å². The van der Waals surface area contributed by atoms with Crippen LogP contribution in [0.15, 0.2) is 21.7 Å². The van der Waals surface area contributed by atoms with Gasteiger partial charge in [-0.15, -0.1) is 0 Å². The lowest BCUT2D eigenvalue weighted by molar-refractivity contribution is -0.139. The molecule has 0 saturated carbocycles. The SMILES string of the molecule is CC(C)C[C@H](NS(=O)(=O)c1ccc(Cl)c2nonc12)C(=O)O. The van der Waals surface area contributed by atoms with Crippen molar-refractivity contribution >= 4 is 38.6 Å². The highest BCUT2D eigenvalue weighted by molar-refractivity contribution is 7.89. The molecule has 0 fully saturated rings. The van der Waals surface area contributed by atoms with E-state index < -0.39 is 22.0 Å². The molecule has 0 bridgehead atoms. The number of fused-ring (bicyclic) bond motifs is 1. The Balaban J connectivity index is 2.42. The van der Waals surface area contributed by atoms with Crippen molar-refractivity contribution in [3.8, 4) is 0 Å². The fourth-order valence-electron chi connectivity index (χ4n) is 1.95. The molecule has 2 rings (SSSR count). The molecular weight excluding hydrogens is 334 g/mol. The summed E-state index contributed by atoms with van der Waals surface area (Å²) in [5.74, 6) is -1.25. The third-order valence-electron chi connectivity index (χ3n) is 2.92. The van der Waals surface area contributed by atoms with Gasteiger partial charge in [-0.1, -0.05) is 25.4 Å². The molecule has 0 aliphatic rings. The highest BCUT2D eigenvalue weighted by Gasteiger charge is 2.29. The number of nitrogens with zero attached hydrogens (tertiary/aromatic N) is 2. The monoisotopic (exact) mass is 347 g/mol. The van der Waals surface area contributed by atoms with Gasteiger partial charge in [-0.05, 0) is 34.8 Å². The highest BCUT2D eigenvalue weighted by Crippen LogP contribution is 2.26. The topological polar surface area (TPSA) is 122 Å². The average Bonchev–Trinajstić information content (AvgIpc) is 2.87. The molecule has 1 aromatic heterocycles. The van der Waals surface area contributed by atoms with E-state index in [-0.39, 0.29) is 33.3 Å². The Morgan fingerprint density at radius 1 is 1.36 bits per heavy atom. The summed E-state index contributed by atoms with van der Waals surface area (Å²) in [5.41, 5.74) is 0.0500. The summed E-state index contributed by atoms with van der Waals surface area (Å²) in [4.78, 5) is 11.0. The number of hydrogen-bond acceptors (Lipinski definition) is 6. The zero-order chi connectivity index (χ0) is 16.5. The van der Waals surface area contributed by atoms with E-state index in [9.17, 15) is 13.2 Å². The first-order valence-corrected chi connectivity index (χ1v) is 8.24. The van der Waals surface area contributed by atoms with E-state index in [0.717, 1.165) is 0 Å². The number of rotatable bonds is 6. The van der Waals surface area contributed by atoms with Gasteiger partial charge in [0.1, 0.15) is 10.9 Å². The maximum Gasteiger partial charge on any atom is 0.321 e. The van der Waals surface area contributed by atoms with Crippen LogP contribution in [0.2, 0.25) is 5.02 Å². The van der Waals surface area contributed by atoms with E-state index in [4.69, 9.17) is 16.7 Å². The molecule has 1 heterocycles. The first kappa shape index (κ1) is 16.7. The summed E-state index contributed by atoms with van der Waals surface area (Å²) in [5, 5.41) is 16.4. The number of carbonyl (C=O) groups is 1. The minimum absolute atomic E-state index is 0.00255. The van der Waals surface area contributed by atoms with Crippen molar-refractivity contribution in [2.24, 2.45) is 5.92 Å². The molecule has 1 aromatic carbocycles. The van der Waals surface area contributed by atoms with Crippen molar-refractivity contribution in [2.45, 2.75) is 31.2 Å². The Bertz CT molecular complexity index is 802. The summed E-state index contributed by atoms with van der Waals surface area (Å²) in [6.45, 7) is 3.60. The van der Waals surface area contributed by atoms with E-state index in [1.165, 1.54) is 12.1 Å². The van der Waals surface area contributed by atoms with Gasteiger partial charge in [0, 0.05) is 0 Å². The molecule has 0 spiro atoms. The van der Waals surface area contributed by atoms with Gasteiger partial charge < -0.3 is 5.11 Å². The van der Waals surface area contributed by atoms with Crippen LogP contribution in [0.25, 0.3) is 11.0 Å². The second-order valence-corrected chi connectivity index (χ2v) is 7.24. The predicted molar refractivity (Wildman–Crippen MR) is 78.0 cm³/mol. The molecule has 2 aromatic rings. The van der Waals surface area contributed by atoms with Gasteiger partial charge in [0.2, 0.25) is 10.0 Å². The maximum atomic E-state index is 12.4. The van der Waals surface area contributed by atoms with Gasteiger partial charge in [0.15, 0.2) is 11.0 Å². The Morgan fingerprint density at radius 3 is 2.59 bits per heavy atom. The molecule has 2 N–H and O–H groups in total. The molecular formula is C12H14ClN3O5S. The largest absolute Gasteiger partial charge is 0.480 e. The van der Waals surface area contributed by atoms with E-state index in [1.807, 2.05) is 0 Å². The third-order valence-corrected chi connectivity index (χ3v) is 4.73. The van der Waals surface area contributed by atoms with Crippen LogP contribution >= 0.6 is 11.6 Å². The van der Waals surface area contributed by atoms with Crippen molar-refractivity contribution < 1.29 is 22.9 Å². The molecule has 0 aliphatic heterocycles. The molecule has 8 nitrogen and oxygen atoms in total. The first-order valence-electron chi connectivity index (χ1n) is 6.38. The third kappa shape index (κ3) is 3.37. The van der Waals surface area contributed by atoms with Crippen LogP contribution in [0.3, 0.4) is 0 Å². The molecule has 22 heavy (non-hydrogen) atoms. The molecule has 1 atom stereocenters. The molecule has 120 valence electrons. The number of aliphatic carboxylic acids is 1. The predicted octanol–water partition coefficient (Wildman–Crippen LogP) is 1.65. The van der Waals surface area contributed by atoms with Crippen molar-refractivity contribution in [1.82, 2.24) is 15.0 Å². The number of benzene rings is 1. The zero-order valence-corrected chi connectivity index (χ0v) is 13.3. The van der Waals surface area contributed by atoms with Gasteiger partial charge in [0.05, 0.1) is 5.02 Å². The lowest BCUT2D eigenvalue weighted by Gasteiger charge is -2.16. The van der Waals surface area contributed by atoms with Gasteiger partial charge >= 0.3 is 5.97 Å². The summed E-state index contributed by atoms with van der Waals surface area (Å²) in [7, 11) is -4.12. The molecule has 0 amide bonds. The van der Waals surface area contributed by atoms with Crippen molar-refractivity contribution in [3.63, 3.8) is 0 Å². The van der Waals surface area contributed by atoms with Gasteiger partial charge in [0.25, 0.3) is 0 Å². The van der Waals surface area contributed by atoms with E-state index >= 15 is 0 Å². The van der Waals surface area contributed by atoms with Crippen LogP contribution in [0, 0.1) is 5.92 Å². The maximum absolute atomic E-state index is 12.4. The van der Waals surface area contributed by atoms with Crippen LogP contribution in [0.4, 0.5) is 0 Å². The number of nitrogens with one attached hydrogen (secondary N) is 1. The van der Waals surface area contributed by atoms with Crippen LogP contribution in [-0.4, -0.2) is 35.8 Å². The Kier molecular flexibility index (Phi) is 4.69. The molecule has 0 radical (unpaired) electrons. The van der Waals surface area contributed by atoms with Gasteiger partial charge in [-0.2, -0.15) is 4.72 Å². The van der Waals surface area contributed by atoms with Gasteiger partial charge in [-0.25, -0.2) is 13.0 Å². The number of hydrogen-bond donors (Lipinski definition) is 2. The highest BCUT2D eigenvalue weighted by atomic mass is 35.5. The van der Waals surface area contributed by atoms with Crippen LogP contribution in [0.1, 0.15) is 20.3 Å². The Hall–Kier alpha value is -1.71. The molecule has 10 heteroatoms. The quantitative estimate of drug-likeness (QED) is 0.814. The number of carboxylic acids is 1.